The summed E-state index contributed by atoms with van der Waals surface area (Å²) in [4.78, 5) is 11.1. The lowest BCUT2D eigenvalue weighted by Gasteiger charge is -2.09. The van der Waals surface area contributed by atoms with Gasteiger partial charge in [-0.3, -0.25) is 0 Å². The van der Waals surface area contributed by atoms with Crippen LogP contribution in [0.3, 0.4) is 0 Å². The molecule has 0 saturated heterocycles. The van der Waals surface area contributed by atoms with Gasteiger partial charge in [-0.2, -0.15) is 0 Å². The van der Waals surface area contributed by atoms with E-state index in [1.807, 2.05) is 36.4 Å². The highest BCUT2D eigenvalue weighted by Crippen LogP contribution is 2.23. The Balaban J connectivity index is 1.93. The Morgan fingerprint density at radius 3 is 2.16 bits per heavy atom. The Labute approximate surface area is 150 Å². The quantitative estimate of drug-likeness (QED) is 0.369. The predicted octanol–water partition coefficient (Wildman–Crippen LogP) is 5.35. The van der Waals surface area contributed by atoms with E-state index in [2.05, 4.69) is 30.7 Å². The van der Waals surface area contributed by atoms with Gasteiger partial charge in [0.2, 0.25) is 0 Å². The third kappa shape index (κ3) is 6.46. The lowest BCUT2D eigenvalue weighted by molar-refractivity contribution is -0.134. The highest BCUT2D eigenvalue weighted by atomic mass is 16.5. The Kier molecular flexibility index (Phi) is 7.27. The van der Waals surface area contributed by atoms with Crippen LogP contribution in [-0.4, -0.2) is 19.7 Å². The van der Waals surface area contributed by atoms with E-state index >= 15 is 0 Å². The summed E-state index contributed by atoms with van der Waals surface area (Å²) in [6, 6.07) is 16.2. The van der Waals surface area contributed by atoms with E-state index in [4.69, 9.17) is 4.74 Å². The molecule has 0 aliphatic rings. The maximum atomic E-state index is 11.1. The molecular weight excluding hydrogens is 312 g/mol. The predicted molar refractivity (Wildman–Crippen MR) is 102 cm³/mol. The summed E-state index contributed by atoms with van der Waals surface area (Å²) < 4.78 is 10.4. The summed E-state index contributed by atoms with van der Waals surface area (Å²) in [7, 11) is 1.37. The monoisotopic (exact) mass is 338 g/mol. The van der Waals surface area contributed by atoms with E-state index in [1.165, 1.54) is 19.6 Å². The fraction of sp³-hybridized carbons (Fsp3) is 0.318. The van der Waals surface area contributed by atoms with Crippen molar-refractivity contribution in [2.75, 3.05) is 13.7 Å². The molecule has 2 aromatic carbocycles. The maximum Gasteiger partial charge on any atom is 0.330 e. The van der Waals surface area contributed by atoms with E-state index in [1.54, 1.807) is 6.08 Å². The average Bonchev–Trinajstić information content (AvgIpc) is 2.64. The minimum atomic E-state index is -0.354. The van der Waals surface area contributed by atoms with Gasteiger partial charge in [0.25, 0.3) is 0 Å². The summed E-state index contributed by atoms with van der Waals surface area (Å²) >= 11 is 0. The van der Waals surface area contributed by atoms with Crippen molar-refractivity contribution in [3.8, 4) is 16.9 Å². The van der Waals surface area contributed by atoms with Gasteiger partial charge >= 0.3 is 5.97 Å². The molecule has 0 saturated carbocycles. The Morgan fingerprint density at radius 1 is 1.00 bits per heavy atom. The number of carbonyl (C=O) groups is 1. The standard InChI is InChI=1S/C22H26O3/c1-17(2)5-4-16-25-21-13-11-20(12-14-21)19-9-6-18(7-10-19)8-15-22(23)24-3/h6-15,17H,4-5,16H2,1-3H3. The molecule has 0 radical (unpaired) electrons. The number of esters is 1. The first-order chi connectivity index (χ1) is 12.1. The van der Waals surface area contributed by atoms with Crippen molar-refractivity contribution >= 4 is 12.0 Å². The fourth-order valence-electron chi connectivity index (χ4n) is 2.44. The molecule has 0 spiro atoms. The van der Waals surface area contributed by atoms with Crippen molar-refractivity contribution < 1.29 is 14.3 Å². The lowest BCUT2D eigenvalue weighted by Crippen LogP contribution is -1.99. The zero-order valence-electron chi connectivity index (χ0n) is 15.2. The Bertz CT molecular complexity index is 682. The second-order valence-electron chi connectivity index (χ2n) is 6.39. The van der Waals surface area contributed by atoms with Crippen molar-refractivity contribution in [3.05, 3.63) is 60.2 Å². The van der Waals surface area contributed by atoms with Crippen LogP contribution >= 0.6 is 0 Å². The molecule has 3 heteroatoms. The van der Waals surface area contributed by atoms with E-state index in [0.29, 0.717) is 0 Å². The highest BCUT2D eigenvalue weighted by Gasteiger charge is 2.00. The molecule has 0 atom stereocenters. The van der Waals surface area contributed by atoms with Crippen LogP contribution in [0.2, 0.25) is 0 Å². The molecule has 2 rings (SSSR count). The zero-order chi connectivity index (χ0) is 18.1. The third-order valence-electron chi connectivity index (χ3n) is 3.91. The topological polar surface area (TPSA) is 35.5 Å². The molecule has 2 aromatic rings. The molecular formula is C22H26O3. The van der Waals surface area contributed by atoms with Gasteiger partial charge in [-0.1, -0.05) is 50.2 Å². The van der Waals surface area contributed by atoms with Crippen LogP contribution < -0.4 is 4.74 Å². The molecule has 0 aliphatic heterocycles. The SMILES string of the molecule is COC(=O)C=Cc1ccc(-c2ccc(OCCCC(C)C)cc2)cc1. The first-order valence-corrected chi connectivity index (χ1v) is 8.68. The number of hydrogen-bond acceptors (Lipinski definition) is 3. The summed E-state index contributed by atoms with van der Waals surface area (Å²) in [5.41, 5.74) is 3.22. The number of hydrogen-bond donors (Lipinski definition) is 0. The van der Waals surface area contributed by atoms with Crippen molar-refractivity contribution in [2.45, 2.75) is 26.7 Å². The summed E-state index contributed by atoms with van der Waals surface area (Å²) in [6.07, 6.45) is 5.43. The summed E-state index contributed by atoms with van der Waals surface area (Å²) in [5, 5.41) is 0. The first kappa shape index (κ1) is 18.8. The van der Waals surface area contributed by atoms with Crippen molar-refractivity contribution in [3.63, 3.8) is 0 Å². The van der Waals surface area contributed by atoms with E-state index in [0.717, 1.165) is 41.4 Å². The highest BCUT2D eigenvalue weighted by molar-refractivity contribution is 5.87. The minimum absolute atomic E-state index is 0.354. The van der Waals surface area contributed by atoms with Gasteiger partial charge in [-0.25, -0.2) is 4.79 Å². The van der Waals surface area contributed by atoms with Crippen LogP contribution in [0.15, 0.2) is 54.6 Å². The number of methoxy groups -OCH3 is 1. The molecule has 0 amide bonds. The van der Waals surface area contributed by atoms with Crippen LogP contribution in [0.5, 0.6) is 5.75 Å². The molecule has 25 heavy (non-hydrogen) atoms. The Morgan fingerprint density at radius 2 is 1.60 bits per heavy atom. The molecule has 0 aliphatic carbocycles. The smallest absolute Gasteiger partial charge is 0.330 e. The second-order valence-corrected chi connectivity index (χ2v) is 6.39. The van der Waals surface area contributed by atoms with Crippen molar-refractivity contribution in [1.29, 1.82) is 0 Å². The second kappa shape index (κ2) is 9.67. The molecule has 0 fully saturated rings. The van der Waals surface area contributed by atoms with Crippen LogP contribution in [0.25, 0.3) is 17.2 Å². The van der Waals surface area contributed by atoms with Gasteiger partial charge in [-0.15, -0.1) is 0 Å². The van der Waals surface area contributed by atoms with E-state index < -0.39 is 0 Å². The van der Waals surface area contributed by atoms with Gasteiger partial charge < -0.3 is 9.47 Å². The largest absolute Gasteiger partial charge is 0.494 e. The average molecular weight is 338 g/mol. The number of benzene rings is 2. The molecule has 0 unspecified atom stereocenters. The summed E-state index contributed by atoms with van der Waals surface area (Å²) in [6.45, 7) is 5.22. The molecule has 0 N–H and O–H groups in total. The van der Waals surface area contributed by atoms with Crippen LogP contribution in [0.4, 0.5) is 0 Å². The van der Waals surface area contributed by atoms with Crippen LogP contribution in [0, 0.1) is 5.92 Å². The van der Waals surface area contributed by atoms with Gasteiger partial charge in [-0.05, 0) is 53.7 Å². The normalized spacial score (nSPS) is 11.0. The van der Waals surface area contributed by atoms with E-state index in [9.17, 15) is 4.79 Å². The molecule has 132 valence electrons. The fourth-order valence-corrected chi connectivity index (χ4v) is 2.44. The van der Waals surface area contributed by atoms with E-state index in [-0.39, 0.29) is 5.97 Å². The summed E-state index contributed by atoms with van der Waals surface area (Å²) in [5.74, 6) is 1.27. The number of ether oxygens (including phenoxy) is 2. The molecule has 0 aromatic heterocycles. The zero-order valence-corrected chi connectivity index (χ0v) is 15.2. The lowest BCUT2D eigenvalue weighted by atomic mass is 10.0. The number of rotatable bonds is 8. The molecule has 0 heterocycles. The molecule has 0 bridgehead atoms. The van der Waals surface area contributed by atoms with Gasteiger partial charge in [0.15, 0.2) is 0 Å². The Hall–Kier alpha value is -2.55. The van der Waals surface area contributed by atoms with Gasteiger partial charge in [0.1, 0.15) is 5.75 Å². The van der Waals surface area contributed by atoms with Crippen LogP contribution in [0.1, 0.15) is 32.3 Å². The first-order valence-electron chi connectivity index (χ1n) is 8.68. The maximum absolute atomic E-state index is 11.1. The number of carbonyl (C=O) groups excluding carboxylic acids is 1. The van der Waals surface area contributed by atoms with Gasteiger partial charge in [0, 0.05) is 6.08 Å². The minimum Gasteiger partial charge on any atom is -0.494 e. The van der Waals surface area contributed by atoms with Crippen molar-refractivity contribution in [2.24, 2.45) is 5.92 Å². The van der Waals surface area contributed by atoms with Gasteiger partial charge in [0.05, 0.1) is 13.7 Å². The van der Waals surface area contributed by atoms with Crippen molar-refractivity contribution in [1.82, 2.24) is 0 Å². The third-order valence-corrected chi connectivity index (χ3v) is 3.91. The molecule has 3 nitrogen and oxygen atoms in total. The van der Waals surface area contributed by atoms with Crippen LogP contribution in [-0.2, 0) is 9.53 Å².